The number of ether oxygens (including phenoxy) is 1. The Morgan fingerprint density at radius 3 is 2.44 bits per heavy atom. The molecule has 0 saturated carbocycles. The van der Waals surface area contributed by atoms with Gasteiger partial charge in [-0.3, -0.25) is 4.90 Å². The van der Waals surface area contributed by atoms with Gasteiger partial charge in [0.05, 0.1) is 12.6 Å². The molecule has 1 fully saturated rings. The minimum absolute atomic E-state index is 0.0852. The minimum Gasteiger partial charge on any atom is -0.361 e. The predicted molar refractivity (Wildman–Crippen MR) is 72.6 cm³/mol. The van der Waals surface area contributed by atoms with Gasteiger partial charge in [-0.25, -0.2) is 0 Å². The molecule has 0 spiro atoms. The average Bonchev–Trinajstić information content (AvgIpc) is 2.33. The fourth-order valence-electron chi connectivity index (χ4n) is 2.31. The molecule has 0 radical (unpaired) electrons. The molecule has 1 aliphatic heterocycles. The molecule has 2 rings (SSSR count). The van der Waals surface area contributed by atoms with E-state index in [2.05, 4.69) is 18.7 Å². The van der Waals surface area contributed by atoms with Crippen LogP contribution in [0.3, 0.4) is 0 Å². The molecular formula is C14H20ClNO2. The van der Waals surface area contributed by atoms with Gasteiger partial charge in [0.15, 0.2) is 0 Å². The molecule has 1 aromatic rings. The number of hydrogen-bond acceptors (Lipinski definition) is 3. The lowest BCUT2D eigenvalue weighted by atomic mass is 9.90. The number of morpholine rings is 1. The summed E-state index contributed by atoms with van der Waals surface area (Å²) in [6, 6.07) is 7.02. The van der Waals surface area contributed by atoms with Crippen LogP contribution in [0.2, 0.25) is 5.02 Å². The zero-order chi connectivity index (χ0) is 13.6. The predicted octanol–water partition coefficient (Wildman–Crippen LogP) is 2.61. The molecule has 1 N–H and O–H groups in total. The van der Waals surface area contributed by atoms with Crippen molar-refractivity contribution in [3.05, 3.63) is 34.9 Å². The van der Waals surface area contributed by atoms with Crippen LogP contribution >= 0.6 is 11.6 Å². The highest BCUT2D eigenvalue weighted by Gasteiger charge is 2.48. The molecule has 0 amide bonds. The second-order valence-electron chi connectivity index (χ2n) is 5.59. The highest BCUT2D eigenvalue weighted by atomic mass is 35.5. The van der Waals surface area contributed by atoms with Crippen LogP contribution in [0.1, 0.15) is 26.3 Å². The fraction of sp³-hybridized carbons (Fsp3) is 0.571. The molecule has 4 heteroatoms. The van der Waals surface area contributed by atoms with E-state index in [9.17, 15) is 5.11 Å². The number of benzene rings is 1. The highest BCUT2D eigenvalue weighted by molar-refractivity contribution is 6.30. The lowest BCUT2D eigenvalue weighted by Crippen LogP contribution is -2.63. The Labute approximate surface area is 113 Å². The maximum Gasteiger partial charge on any atom is 0.208 e. The van der Waals surface area contributed by atoms with Gasteiger partial charge in [0.2, 0.25) is 5.79 Å². The van der Waals surface area contributed by atoms with E-state index in [1.807, 2.05) is 26.1 Å². The summed E-state index contributed by atoms with van der Waals surface area (Å²) in [5.74, 6) is -1.28. The van der Waals surface area contributed by atoms with Crippen LogP contribution in [-0.2, 0) is 10.5 Å². The van der Waals surface area contributed by atoms with Crippen LogP contribution in [0.15, 0.2) is 24.3 Å². The van der Waals surface area contributed by atoms with Gasteiger partial charge in [0.1, 0.15) is 0 Å². The first-order valence-corrected chi connectivity index (χ1v) is 6.50. The summed E-state index contributed by atoms with van der Waals surface area (Å²) in [6.45, 7) is 6.65. The topological polar surface area (TPSA) is 32.7 Å². The van der Waals surface area contributed by atoms with E-state index in [1.165, 1.54) is 0 Å². The molecule has 0 aliphatic carbocycles. The largest absolute Gasteiger partial charge is 0.361 e. The molecule has 0 aromatic heterocycles. The summed E-state index contributed by atoms with van der Waals surface area (Å²) < 4.78 is 5.76. The van der Waals surface area contributed by atoms with Crippen LogP contribution < -0.4 is 0 Å². The standard InChI is InChI=1S/C14H20ClNO2/c1-10-14(17,11-5-7-12(15)8-6-11)18-9-13(2,3)16(10)4/h5-8,10,17H,9H2,1-4H3. The Balaban J connectivity index is 2.34. The second kappa shape index (κ2) is 4.49. The molecule has 18 heavy (non-hydrogen) atoms. The first-order chi connectivity index (χ1) is 8.27. The summed E-state index contributed by atoms with van der Waals surface area (Å²) in [4.78, 5) is 2.14. The van der Waals surface area contributed by atoms with Gasteiger partial charge in [0.25, 0.3) is 0 Å². The van der Waals surface area contributed by atoms with Crippen LogP contribution in [0.5, 0.6) is 0 Å². The minimum atomic E-state index is -1.28. The van der Waals surface area contributed by atoms with Crippen LogP contribution in [0.25, 0.3) is 0 Å². The Hall–Kier alpha value is -0.610. The Bertz CT molecular complexity index is 432. The zero-order valence-corrected chi connectivity index (χ0v) is 12.0. The summed E-state index contributed by atoms with van der Waals surface area (Å²) in [5.41, 5.74) is 0.652. The molecule has 0 bridgehead atoms. The number of likely N-dealkylation sites (N-methyl/N-ethyl adjacent to an activating group) is 1. The third kappa shape index (κ3) is 2.16. The van der Waals surface area contributed by atoms with E-state index < -0.39 is 5.79 Å². The van der Waals surface area contributed by atoms with E-state index >= 15 is 0 Å². The van der Waals surface area contributed by atoms with Gasteiger partial charge in [0, 0.05) is 16.1 Å². The van der Waals surface area contributed by atoms with Crippen LogP contribution in [0.4, 0.5) is 0 Å². The van der Waals surface area contributed by atoms with Gasteiger partial charge in [-0.15, -0.1) is 0 Å². The van der Waals surface area contributed by atoms with Crippen molar-refractivity contribution in [2.24, 2.45) is 0 Å². The van der Waals surface area contributed by atoms with Crippen molar-refractivity contribution < 1.29 is 9.84 Å². The second-order valence-corrected chi connectivity index (χ2v) is 6.03. The van der Waals surface area contributed by atoms with Crippen molar-refractivity contribution in [3.8, 4) is 0 Å². The normalized spacial score (nSPS) is 32.4. The molecule has 1 saturated heterocycles. The van der Waals surface area contributed by atoms with E-state index in [-0.39, 0.29) is 11.6 Å². The van der Waals surface area contributed by atoms with Crippen molar-refractivity contribution in [2.75, 3.05) is 13.7 Å². The molecule has 1 aliphatic rings. The molecule has 1 heterocycles. The van der Waals surface area contributed by atoms with Crippen LogP contribution in [-0.4, -0.2) is 35.2 Å². The van der Waals surface area contributed by atoms with Gasteiger partial charge < -0.3 is 9.84 Å². The quantitative estimate of drug-likeness (QED) is 0.851. The number of halogens is 1. The van der Waals surface area contributed by atoms with Crippen molar-refractivity contribution >= 4 is 11.6 Å². The molecule has 3 nitrogen and oxygen atoms in total. The number of hydrogen-bond donors (Lipinski definition) is 1. The van der Waals surface area contributed by atoms with E-state index in [4.69, 9.17) is 16.3 Å². The maximum absolute atomic E-state index is 10.8. The Kier molecular flexibility index (Phi) is 3.45. The number of rotatable bonds is 1. The smallest absolute Gasteiger partial charge is 0.208 e. The lowest BCUT2D eigenvalue weighted by Gasteiger charge is -2.52. The highest BCUT2D eigenvalue weighted by Crippen LogP contribution is 2.37. The number of nitrogens with zero attached hydrogens (tertiary/aromatic N) is 1. The van der Waals surface area contributed by atoms with Gasteiger partial charge in [-0.05, 0) is 40.0 Å². The van der Waals surface area contributed by atoms with Crippen molar-refractivity contribution in [1.82, 2.24) is 4.90 Å². The van der Waals surface area contributed by atoms with Crippen molar-refractivity contribution in [2.45, 2.75) is 38.1 Å². The third-order valence-electron chi connectivity index (χ3n) is 4.01. The molecular weight excluding hydrogens is 250 g/mol. The molecule has 1 aromatic carbocycles. The summed E-state index contributed by atoms with van der Waals surface area (Å²) in [5, 5.41) is 11.4. The first kappa shape index (κ1) is 13.8. The third-order valence-corrected chi connectivity index (χ3v) is 4.26. The molecule has 2 atom stereocenters. The van der Waals surface area contributed by atoms with Crippen molar-refractivity contribution in [3.63, 3.8) is 0 Å². The van der Waals surface area contributed by atoms with E-state index in [0.717, 1.165) is 5.56 Å². The zero-order valence-electron chi connectivity index (χ0n) is 11.3. The maximum atomic E-state index is 10.8. The molecule has 100 valence electrons. The Morgan fingerprint density at radius 2 is 1.89 bits per heavy atom. The number of aliphatic hydroxyl groups is 1. The summed E-state index contributed by atoms with van der Waals surface area (Å²) in [6.07, 6.45) is 0. The van der Waals surface area contributed by atoms with E-state index in [1.54, 1.807) is 12.1 Å². The SMILES string of the molecule is CC1N(C)C(C)(C)COC1(O)c1ccc(Cl)cc1. The average molecular weight is 270 g/mol. The van der Waals surface area contributed by atoms with Gasteiger partial charge in [-0.2, -0.15) is 0 Å². The van der Waals surface area contributed by atoms with Gasteiger partial charge >= 0.3 is 0 Å². The first-order valence-electron chi connectivity index (χ1n) is 6.13. The fourth-order valence-corrected chi connectivity index (χ4v) is 2.43. The Morgan fingerprint density at radius 1 is 1.33 bits per heavy atom. The van der Waals surface area contributed by atoms with E-state index in [0.29, 0.717) is 11.6 Å². The van der Waals surface area contributed by atoms with Gasteiger partial charge in [-0.1, -0.05) is 23.7 Å². The lowest BCUT2D eigenvalue weighted by molar-refractivity contribution is -0.298. The summed E-state index contributed by atoms with van der Waals surface area (Å²) >= 11 is 5.87. The van der Waals surface area contributed by atoms with Crippen LogP contribution in [0, 0.1) is 0 Å². The molecule has 2 unspecified atom stereocenters. The summed E-state index contributed by atoms with van der Waals surface area (Å²) in [7, 11) is 2.01. The van der Waals surface area contributed by atoms with Crippen molar-refractivity contribution in [1.29, 1.82) is 0 Å². The monoisotopic (exact) mass is 269 g/mol.